The monoisotopic (exact) mass is 308 g/mol. The van der Waals surface area contributed by atoms with Crippen LogP contribution in [0.2, 0.25) is 0 Å². The van der Waals surface area contributed by atoms with Crippen LogP contribution in [0.4, 0.5) is 5.13 Å². The minimum atomic E-state index is -0.209. The topological polar surface area (TPSA) is 84.7 Å². The number of hydrogen-bond acceptors (Lipinski definition) is 6. The molecular weight excluding hydrogens is 288 g/mol. The first-order valence-electron chi connectivity index (χ1n) is 6.87. The summed E-state index contributed by atoms with van der Waals surface area (Å²) in [5.74, 6) is -0.209. The number of anilines is 1. The van der Waals surface area contributed by atoms with Gasteiger partial charge < -0.3 is 10.6 Å². The molecule has 0 aliphatic heterocycles. The fourth-order valence-corrected chi connectivity index (χ4v) is 2.62. The molecule has 0 fully saturated rings. The van der Waals surface area contributed by atoms with Crippen molar-refractivity contribution < 1.29 is 4.79 Å². The Morgan fingerprint density at radius 3 is 2.71 bits per heavy atom. The van der Waals surface area contributed by atoms with Gasteiger partial charge in [0, 0.05) is 31.4 Å². The molecule has 0 saturated carbocycles. The van der Waals surface area contributed by atoms with E-state index in [1.54, 1.807) is 0 Å². The zero-order valence-electron chi connectivity index (χ0n) is 12.7. The van der Waals surface area contributed by atoms with E-state index >= 15 is 0 Å². The number of aromatic nitrogens is 4. The summed E-state index contributed by atoms with van der Waals surface area (Å²) in [6.07, 6.45) is 1.00. The van der Waals surface area contributed by atoms with Crippen LogP contribution in [0.25, 0.3) is 0 Å². The van der Waals surface area contributed by atoms with Gasteiger partial charge in [0.2, 0.25) is 10.1 Å². The lowest BCUT2D eigenvalue weighted by molar-refractivity contribution is 0.0949. The molecule has 2 N–H and O–H groups in total. The van der Waals surface area contributed by atoms with Crippen LogP contribution < -0.4 is 10.6 Å². The molecule has 0 radical (unpaired) electrons. The summed E-state index contributed by atoms with van der Waals surface area (Å²) in [6.45, 7) is 7.26. The van der Waals surface area contributed by atoms with Gasteiger partial charge in [0.15, 0.2) is 0 Å². The lowest BCUT2D eigenvalue weighted by atomic mass is 10.2. The molecule has 114 valence electrons. The number of aryl methyl sites for hydroxylation is 2. The zero-order chi connectivity index (χ0) is 15.4. The van der Waals surface area contributed by atoms with Gasteiger partial charge in [-0.25, -0.2) is 0 Å². The van der Waals surface area contributed by atoms with Crippen molar-refractivity contribution in [3.8, 4) is 0 Å². The highest BCUT2D eigenvalue weighted by Gasteiger charge is 2.15. The molecule has 0 saturated heterocycles. The van der Waals surface area contributed by atoms with Crippen molar-refractivity contribution >= 4 is 22.4 Å². The summed E-state index contributed by atoms with van der Waals surface area (Å²) in [7, 11) is 1.89. The normalized spacial score (nSPS) is 10.7. The third-order valence-electron chi connectivity index (χ3n) is 3.23. The molecule has 2 aromatic rings. The van der Waals surface area contributed by atoms with Gasteiger partial charge in [0.05, 0.1) is 5.69 Å². The van der Waals surface area contributed by atoms with Crippen LogP contribution in [0.15, 0.2) is 0 Å². The Bertz CT molecular complexity index is 633. The van der Waals surface area contributed by atoms with E-state index in [4.69, 9.17) is 0 Å². The fraction of sp³-hybridized carbons (Fsp3) is 0.538. The molecular formula is C13H20N6OS. The van der Waals surface area contributed by atoms with Crippen LogP contribution in [-0.2, 0) is 13.6 Å². The van der Waals surface area contributed by atoms with Crippen LogP contribution in [0.5, 0.6) is 0 Å². The molecule has 0 aromatic carbocycles. The van der Waals surface area contributed by atoms with Crippen LogP contribution >= 0.6 is 11.3 Å². The number of rotatable bonds is 6. The van der Waals surface area contributed by atoms with Crippen molar-refractivity contribution in [2.45, 2.75) is 33.7 Å². The summed E-state index contributed by atoms with van der Waals surface area (Å²) < 4.78 is 1.81. The fourth-order valence-electron chi connectivity index (χ4n) is 1.94. The molecule has 0 bridgehead atoms. The summed E-state index contributed by atoms with van der Waals surface area (Å²) in [6, 6.07) is 0. The largest absolute Gasteiger partial charge is 0.360 e. The average molecular weight is 308 g/mol. The third-order valence-corrected chi connectivity index (χ3v) is 4.11. The Morgan fingerprint density at radius 2 is 2.10 bits per heavy atom. The molecule has 21 heavy (non-hydrogen) atoms. The first kappa shape index (κ1) is 15.4. The van der Waals surface area contributed by atoms with Gasteiger partial charge in [-0.15, -0.1) is 10.2 Å². The predicted octanol–water partition coefficient (Wildman–Crippen LogP) is 1.64. The highest BCUT2D eigenvalue weighted by Crippen LogP contribution is 2.16. The average Bonchev–Trinajstić information content (AvgIpc) is 3.01. The summed E-state index contributed by atoms with van der Waals surface area (Å²) in [5, 5.41) is 19.2. The molecule has 2 rings (SSSR count). The van der Waals surface area contributed by atoms with Gasteiger partial charge in [0.1, 0.15) is 0 Å². The van der Waals surface area contributed by atoms with E-state index < -0.39 is 0 Å². The van der Waals surface area contributed by atoms with Crippen LogP contribution in [0.1, 0.15) is 40.1 Å². The van der Waals surface area contributed by atoms with Crippen molar-refractivity contribution in [2.24, 2.45) is 7.05 Å². The van der Waals surface area contributed by atoms with E-state index in [0.29, 0.717) is 16.7 Å². The second-order valence-corrected chi connectivity index (χ2v) is 5.77. The van der Waals surface area contributed by atoms with Crippen molar-refractivity contribution in [3.05, 3.63) is 22.0 Å². The van der Waals surface area contributed by atoms with E-state index in [1.807, 2.05) is 25.6 Å². The van der Waals surface area contributed by atoms with Crippen molar-refractivity contribution in [1.29, 1.82) is 0 Å². The van der Waals surface area contributed by atoms with Crippen LogP contribution in [0.3, 0.4) is 0 Å². The Kier molecular flexibility index (Phi) is 4.89. The molecule has 0 aliphatic rings. The Balaban J connectivity index is 1.97. The van der Waals surface area contributed by atoms with E-state index in [-0.39, 0.29) is 5.91 Å². The van der Waals surface area contributed by atoms with Gasteiger partial charge in [-0.2, -0.15) is 5.10 Å². The van der Waals surface area contributed by atoms with Gasteiger partial charge in [0.25, 0.3) is 5.91 Å². The Hall–Kier alpha value is -1.96. The second-order valence-electron chi connectivity index (χ2n) is 4.79. The predicted molar refractivity (Wildman–Crippen MR) is 82.5 cm³/mol. The number of amides is 1. The lowest BCUT2D eigenvalue weighted by Crippen LogP contribution is -2.23. The highest BCUT2D eigenvalue weighted by molar-refractivity contribution is 7.17. The first-order chi connectivity index (χ1) is 10.0. The van der Waals surface area contributed by atoms with E-state index in [1.165, 1.54) is 11.3 Å². The van der Waals surface area contributed by atoms with Crippen molar-refractivity contribution in [3.63, 3.8) is 0 Å². The van der Waals surface area contributed by atoms with E-state index in [9.17, 15) is 4.79 Å². The lowest BCUT2D eigenvalue weighted by Gasteiger charge is -2.03. The number of nitrogens with one attached hydrogen (secondary N) is 2. The van der Waals surface area contributed by atoms with E-state index in [2.05, 4.69) is 32.9 Å². The molecule has 8 heteroatoms. The molecule has 0 aliphatic carbocycles. The highest BCUT2D eigenvalue weighted by atomic mass is 32.1. The maximum Gasteiger partial charge on any atom is 0.282 e. The molecule has 0 spiro atoms. The Morgan fingerprint density at radius 1 is 1.33 bits per heavy atom. The Labute approximate surface area is 127 Å². The summed E-state index contributed by atoms with van der Waals surface area (Å²) >= 11 is 1.26. The van der Waals surface area contributed by atoms with Gasteiger partial charge in [-0.1, -0.05) is 18.3 Å². The third kappa shape index (κ3) is 3.57. The molecule has 0 unspecified atom stereocenters. The van der Waals surface area contributed by atoms with Gasteiger partial charge in [-0.3, -0.25) is 9.48 Å². The van der Waals surface area contributed by atoms with Gasteiger partial charge >= 0.3 is 0 Å². The van der Waals surface area contributed by atoms with Crippen molar-refractivity contribution in [1.82, 2.24) is 25.3 Å². The van der Waals surface area contributed by atoms with Gasteiger partial charge in [-0.05, 0) is 20.3 Å². The minimum absolute atomic E-state index is 0.209. The molecule has 0 atom stereocenters. The zero-order valence-corrected chi connectivity index (χ0v) is 13.5. The number of nitrogens with zero attached hydrogens (tertiary/aromatic N) is 4. The summed E-state index contributed by atoms with van der Waals surface area (Å²) in [5.41, 5.74) is 3.02. The van der Waals surface area contributed by atoms with Crippen LogP contribution in [-0.4, -0.2) is 32.4 Å². The van der Waals surface area contributed by atoms with E-state index in [0.717, 1.165) is 29.9 Å². The number of hydrogen-bond donors (Lipinski definition) is 2. The molecule has 2 heterocycles. The molecule has 7 nitrogen and oxygen atoms in total. The van der Waals surface area contributed by atoms with Crippen LogP contribution in [0, 0.1) is 13.8 Å². The smallest absolute Gasteiger partial charge is 0.282 e. The van der Waals surface area contributed by atoms with Crippen molar-refractivity contribution in [2.75, 3.05) is 11.9 Å². The summed E-state index contributed by atoms with van der Waals surface area (Å²) in [4.78, 5) is 12.1. The SMILES string of the molecule is CCCNc1nnc(C(=O)NCc2c(C)nn(C)c2C)s1. The maximum absolute atomic E-state index is 12.1. The quantitative estimate of drug-likeness (QED) is 0.847. The first-order valence-corrected chi connectivity index (χ1v) is 7.69. The number of carbonyl (C=O) groups excluding carboxylic acids is 1. The standard InChI is InChI=1S/C13H20N6OS/c1-5-6-14-13-17-16-12(21-13)11(20)15-7-10-8(2)18-19(4)9(10)3/h5-7H2,1-4H3,(H,14,17)(H,15,20). The molecule has 1 amide bonds. The molecule has 2 aromatic heterocycles. The maximum atomic E-state index is 12.1. The second kappa shape index (κ2) is 6.66. The minimum Gasteiger partial charge on any atom is -0.360 e. The number of carbonyl (C=O) groups is 1.